The molecule has 0 aliphatic carbocycles. The molecule has 0 saturated carbocycles. The molecule has 0 spiro atoms. The first-order valence-corrected chi connectivity index (χ1v) is 7.40. The Morgan fingerprint density at radius 2 is 2.12 bits per heavy atom. The molecule has 1 saturated heterocycles. The van der Waals surface area contributed by atoms with Crippen LogP contribution in [0.4, 0.5) is 0 Å². The van der Waals surface area contributed by atoms with Gasteiger partial charge in [0.05, 0.1) is 6.10 Å². The Morgan fingerprint density at radius 1 is 1.47 bits per heavy atom. The lowest BCUT2D eigenvalue weighted by atomic mass is 10.1. The van der Waals surface area contributed by atoms with E-state index in [0.717, 1.165) is 25.9 Å². The highest BCUT2D eigenvalue weighted by Gasteiger charge is 2.18. The predicted octanol–water partition coefficient (Wildman–Crippen LogP) is 1.01. The number of amides is 1. The second-order valence-corrected chi connectivity index (χ2v) is 6.51. The summed E-state index contributed by atoms with van der Waals surface area (Å²) in [6, 6.07) is 0. The van der Waals surface area contributed by atoms with E-state index in [9.17, 15) is 4.79 Å². The second kappa shape index (κ2) is 7.24. The van der Waals surface area contributed by atoms with Crippen LogP contribution in [0, 0.1) is 0 Å². The average Bonchev–Trinajstić information content (AvgIpc) is 2.35. The van der Waals surface area contributed by atoms with Crippen LogP contribution in [0.5, 0.6) is 0 Å². The van der Waals surface area contributed by atoms with Crippen LogP contribution in [-0.4, -0.2) is 49.3 Å². The van der Waals surface area contributed by atoms with Crippen molar-refractivity contribution in [1.29, 1.82) is 0 Å². The molecule has 0 unspecified atom stereocenters. The van der Waals surface area contributed by atoms with Gasteiger partial charge >= 0.3 is 0 Å². The molecule has 1 aliphatic heterocycles. The first kappa shape index (κ1) is 14.8. The average molecular weight is 260 g/mol. The molecule has 0 aromatic carbocycles. The van der Waals surface area contributed by atoms with Crippen LogP contribution in [0.3, 0.4) is 0 Å². The molecule has 1 fully saturated rings. The molecule has 0 atom stereocenters. The van der Waals surface area contributed by atoms with Crippen LogP contribution in [0.15, 0.2) is 0 Å². The molecule has 0 aromatic heterocycles. The maximum atomic E-state index is 11.6. The van der Waals surface area contributed by atoms with Gasteiger partial charge in [0.25, 0.3) is 0 Å². The van der Waals surface area contributed by atoms with Crippen LogP contribution < -0.4 is 10.6 Å². The monoisotopic (exact) mass is 260 g/mol. The quantitative estimate of drug-likeness (QED) is 0.748. The third-order valence-corrected chi connectivity index (χ3v) is 4.25. The van der Waals surface area contributed by atoms with Gasteiger partial charge < -0.3 is 15.4 Å². The molecule has 2 N–H and O–H groups in total. The van der Waals surface area contributed by atoms with E-state index in [0.29, 0.717) is 6.54 Å². The number of piperidine rings is 1. The fraction of sp³-hybridized carbons (Fsp3) is 0.917. The summed E-state index contributed by atoms with van der Waals surface area (Å²) in [7, 11) is 0. The highest BCUT2D eigenvalue weighted by atomic mass is 32.2. The molecule has 4 nitrogen and oxygen atoms in total. The van der Waals surface area contributed by atoms with Crippen molar-refractivity contribution in [2.24, 2.45) is 0 Å². The van der Waals surface area contributed by atoms with E-state index < -0.39 is 0 Å². The van der Waals surface area contributed by atoms with E-state index in [2.05, 4.69) is 30.7 Å². The lowest BCUT2D eigenvalue weighted by Gasteiger charge is -2.24. The molecule has 0 bridgehead atoms. The zero-order valence-electron chi connectivity index (χ0n) is 11.0. The van der Waals surface area contributed by atoms with E-state index in [4.69, 9.17) is 4.74 Å². The van der Waals surface area contributed by atoms with Crippen molar-refractivity contribution in [2.45, 2.75) is 37.5 Å². The van der Waals surface area contributed by atoms with E-state index in [1.807, 2.05) is 0 Å². The number of carbonyl (C=O) groups excluding carboxylic acids is 1. The molecule has 0 aromatic rings. The highest BCUT2D eigenvalue weighted by Crippen LogP contribution is 2.19. The normalized spacial score (nSPS) is 18.1. The van der Waals surface area contributed by atoms with Gasteiger partial charge in [-0.15, -0.1) is 0 Å². The van der Waals surface area contributed by atoms with Crippen molar-refractivity contribution in [1.82, 2.24) is 10.6 Å². The molecular formula is C12H24N2O2S. The lowest BCUT2D eigenvalue weighted by molar-refractivity contribution is -0.128. The van der Waals surface area contributed by atoms with Crippen molar-refractivity contribution in [3.05, 3.63) is 0 Å². The zero-order valence-corrected chi connectivity index (χ0v) is 11.9. The number of hydrogen-bond acceptors (Lipinski definition) is 4. The Morgan fingerprint density at radius 3 is 2.71 bits per heavy atom. The predicted molar refractivity (Wildman–Crippen MR) is 72.4 cm³/mol. The number of ether oxygens (including phenoxy) is 1. The van der Waals surface area contributed by atoms with Crippen molar-refractivity contribution in [3.8, 4) is 0 Å². The summed E-state index contributed by atoms with van der Waals surface area (Å²) in [5.74, 6) is -0.00865. The number of thioether (sulfide) groups is 1. The van der Waals surface area contributed by atoms with E-state index in [1.165, 1.54) is 0 Å². The van der Waals surface area contributed by atoms with Gasteiger partial charge in [0.2, 0.25) is 5.91 Å². The molecule has 5 heteroatoms. The number of rotatable bonds is 6. The lowest BCUT2D eigenvalue weighted by Crippen LogP contribution is -2.39. The second-order valence-electron chi connectivity index (χ2n) is 5.00. The minimum absolute atomic E-state index is 0.00865. The van der Waals surface area contributed by atoms with Crippen LogP contribution in [0.2, 0.25) is 0 Å². The Kier molecular flexibility index (Phi) is 6.30. The minimum Gasteiger partial charge on any atom is -0.368 e. The van der Waals surface area contributed by atoms with Crippen molar-refractivity contribution >= 4 is 17.7 Å². The van der Waals surface area contributed by atoms with Gasteiger partial charge in [0, 0.05) is 11.3 Å². The van der Waals surface area contributed by atoms with Gasteiger partial charge in [0.15, 0.2) is 0 Å². The summed E-state index contributed by atoms with van der Waals surface area (Å²) in [6.45, 7) is 7.09. The summed E-state index contributed by atoms with van der Waals surface area (Å²) in [4.78, 5) is 11.6. The summed E-state index contributed by atoms with van der Waals surface area (Å²) in [5, 5.41) is 6.18. The fourth-order valence-corrected chi connectivity index (χ4v) is 1.81. The smallest absolute Gasteiger partial charge is 0.246 e. The Bertz CT molecular complexity index is 241. The molecule has 100 valence electrons. The van der Waals surface area contributed by atoms with Crippen molar-refractivity contribution < 1.29 is 9.53 Å². The van der Waals surface area contributed by atoms with Crippen molar-refractivity contribution in [2.75, 3.05) is 32.5 Å². The van der Waals surface area contributed by atoms with Gasteiger partial charge in [-0.2, -0.15) is 11.8 Å². The molecule has 17 heavy (non-hydrogen) atoms. The third-order valence-electron chi connectivity index (χ3n) is 3.00. The van der Waals surface area contributed by atoms with Crippen LogP contribution >= 0.6 is 11.8 Å². The number of hydrogen-bond donors (Lipinski definition) is 2. The van der Waals surface area contributed by atoms with Gasteiger partial charge in [-0.25, -0.2) is 0 Å². The summed E-state index contributed by atoms with van der Waals surface area (Å²) in [6.07, 6.45) is 4.31. The molecule has 1 amide bonds. The minimum atomic E-state index is -0.00865. The summed E-state index contributed by atoms with van der Waals surface area (Å²) >= 11 is 1.75. The fourth-order valence-electron chi connectivity index (χ4n) is 1.59. The first-order valence-electron chi connectivity index (χ1n) is 6.18. The maximum Gasteiger partial charge on any atom is 0.246 e. The molecule has 1 aliphatic rings. The first-order chi connectivity index (χ1) is 8.03. The largest absolute Gasteiger partial charge is 0.368 e. The Labute approximate surface area is 108 Å². The maximum absolute atomic E-state index is 11.6. The van der Waals surface area contributed by atoms with Crippen LogP contribution in [0.25, 0.3) is 0 Å². The molecule has 0 radical (unpaired) electrons. The molecule has 1 rings (SSSR count). The SMILES string of the molecule is CSC(C)(C)CNC(=O)COC1CCNCC1. The Balaban J connectivity index is 2.12. The number of nitrogens with one attached hydrogen (secondary N) is 2. The van der Waals surface area contributed by atoms with Crippen LogP contribution in [0.1, 0.15) is 26.7 Å². The summed E-state index contributed by atoms with van der Waals surface area (Å²) in [5.41, 5.74) is 0. The molecule has 1 heterocycles. The summed E-state index contributed by atoms with van der Waals surface area (Å²) < 4.78 is 5.67. The third kappa shape index (κ3) is 6.29. The van der Waals surface area contributed by atoms with E-state index in [1.54, 1.807) is 11.8 Å². The standard InChI is InChI=1S/C12H24N2O2S/c1-12(2,17-3)9-14-11(15)8-16-10-4-6-13-7-5-10/h10,13H,4-9H2,1-3H3,(H,14,15). The van der Waals surface area contributed by atoms with E-state index >= 15 is 0 Å². The van der Waals surface area contributed by atoms with Gasteiger partial charge in [-0.3, -0.25) is 4.79 Å². The van der Waals surface area contributed by atoms with Crippen molar-refractivity contribution in [3.63, 3.8) is 0 Å². The van der Waals surface area contributed by atoms with Gasteiger partial charge in [0.1, 0.15) is 6.61 Å². The zero-order chi connectivity index (χ0) is 12.7. The van der Waals surface area contributed by atoms with Gasteiger partial charge in [-0.05, 0) is 46.0 Å². The topological polar surface area (TPSA) is 50.4 Å². The van der Waals surface area contributed by atoms with E-state index in [-0.39, 0.29) is 23.4 Å². The Hall–Kier alpha value is -0.260. The van der Waals surface area contributed by atoms with Gasteiger partial charge in [-0.1, -0.05) is 0 Å². The number of carbonyl (C=O) groups is 1. The highest BCUT2D eigenvalue weighted by molar-refractivity contribution is 7.99. The molecular weight excluding hydrogens is 236 g/mol. The van der Waals surface area contributed by atoms with Crippen LogP contribution in [-0.2, 0) is 9.53 Å².